The number of hydrogen-bond acceptors (Lipinski definition) is 4. The van der Waals surface area contributed by atoms with Gasteiger partial charge in [0.25, 0.3) is 0 Å². The number of anilines is 1. The average Bonchev–Trinajstić information content (AvgIpc) is 2.69. The van der Waals surface area contributed by atoms with Crippen LogP contribution in [0.4, 0.5) is 10.1 Å². The van der Waals surface area contributed by atoms with Crippen molar-refractivity contribution in [2.24, 2.45) is 0 Å². The predicted octanol–water partition coefficient (Wildman–Crippen LogP) is 3.70. The highest BCUT2D eigenvalue weighted by Crippen LogP contribution is 2.27. The molecule has 0 aromatic heterocycles. The smallest absolute Gasteiger partial charge is 0.223 e. The van der Waals surface area contributed by atoms with E-state index < -0.39 is 0 Å². The van der Waals surface area contributed by atoms with Gasteiger partial charge in [0, 0.05) is 24.8 Å². The van der Waals surface area contributed by atoms with Crippen LogP contribution in [0.3, 0.4) is 0 Å². The predicted molar refractivity (Wildman–Crippen MR) is 108 cm³/mol. The topological polar surface area (TPSA) is 50.8 Å². The number of methoxy groups -OCH3 is 1. The lowest BCUT2D eigenvalue weighted by Crippen LogP contribution is -2.48. The molecule has 2 aromatic carbocycles. The van der Waals surface area contributed by atoms with Crippen molar-refractivity contribution in [1.29, 1.82) is 0 Å². The number of benzene rings is 2. The molecule has 1 fully saturated rings. The van der Waals surface area contributed by atoms with Gasteiger partial charge in [0.05, 0.1) is 20.1 Å². The summed E-state index contributed by atoms with van der Waals surface area (Å²) in [6.07, 6.45) is 2.15. The molecule has 150 valence electrons. The van der Waals surface area contributed by atoms with Gasteiger partial charge in [-0.05, 0) is 55.7 Å². The van der Waals surface area contributed by atoms with Crippen molar-refractivity contribution in [3.05, 3.63) is 53.8 Å². The summed E-state index contributed by atoms with van der Waals surface area (Å²) >= 11 is 0. The Labute approximate surface area is 165 Å². The van der Waals surface area contributed by atoms with Gasteiger partial charge in [0.2, 0.25) is 5.91 Å². The molecule has 1 heterocycles. The van der Waals surface area contributed by atoms with E-state index in [1.54, 1.807) is 13.2 Å². The number of rotatable bonds is 7. The van der Waals surface area contributed by atoms with E-state index in [9.17, 15) is 9.18 Å². The highest BCUT2D eigenvalue weighted by molar-refractivity contribution is 5.76. The number of carbonyl (C=O) groups is 1. The van der Waals surface area contributed by atoms with E-state index in [0.29, 0.717) is 18.0 Å². The van der Waals surface area contributed by atoms with Gasteiger partial charge >= 0.3 is 0 Å². The van der Waals surface area contributed by atoms with Gasteiger partial charge in [-0.15, -0.1) is 0 Å². The van der Waals surface area contributed by atoms with Gasteiger partial charge in [-0.1, -0.05) is 12.1 Å². The van der Waals surface area contributed by atoms with Crippen molar-refractivity contribution in [2.45, 2.75) is 32.2 Å². The first-order valence-corrected chi connectivity index (χ1v) is 9.62. The number of carbonyl (C=O) groups excluding carboxylic acids is 1. The molecule has 6 heteroatoms. The maximum absolute atomic E-state index is 13.5. The van der Waals surface area contributed by atoms with E-state index >= 15 is 0 Å². The van der Waals surface area contributed by atoms with Crippen LogP contribution in [0.2, 0.25) is 0 Å². The van der Waals surface area contributed by atoms with Crippen molar-refractivity contribution in [1.82, 2.24) is 5.32 Å². The molecule has 0 saturated carbocycles. The molecule has 1 saturated heterocycles. The van der Waals surface area contributed by atoms with Crippen molar-refractivity contribution < 1.29 is 18.7 Å². The summed E-state index contributed by atoms with van der Waals surface area (Å²) in [6, 6.07) is 12.3. The summed E-state index contributed by atoms with van der Waals surface area (Å²) < 4.78 is 24.5. The molecule has 1 aliphatic rings. The maximum Gasteiger partial charge on any atom is 0.223 e. The zero-order valence-electron chi connectivity index (χ0n) is 16.4. The molecule has 1 atom stereocenters. The van der Waals surface area contributed by atoms with Crippen molar-refractivity contribution in [3.63, 3.8) is 0 Å². The molecule has 1 N–H and O–H groups in total. The molecular formula is C22H27FN2O3. The first kappa shape index (κ1) is 20.0. The number of piperidine rings is 1. The summed E-state index contributed by atoms with van der Waals surface area (Å²) in [7, 11) is 1.60. The van der Waals surface area contributed by atoms with Crippen LogP contribution in [0.15, 0.2) is 42.5 Å². The van der Waals surface area contributed by atoms with E-state index in [4.69, 9.17) is 9.47 Å². The quantitative estimate of drug-likeness (QED) is 0.788. The fourth-order valence-electron chi connectivity index (χ4n) is 3.45. The lowest BCUT2D eigenvalue weighted by molar-refractivity contribution is -0.122. The Kier molecular flexibility index (Phi) is 6.74. The zero-order valence-corrected chi connectivity index (χ0v) is 16.4. The number of amides is 1. The molecule has 0 spiro atoms. The van der Waals surface area contributed by atoms with Gasteiger partial charge in [-0.2, -0.15) is 0 Å². The third-order valence-electron chi connectivity index (χ3n) is 4.87. The fourth-order valence-corrected chi connectivity index (χ4v) is 3.45. The minimum Gasteiger partial charge on any atom is -0.493 e. The summed E-state index contributed by atoms with van der Waals surface area (Å²) in [6.45, 7) is 3.82. The lowest BCUT2D eigenvalue weighted by Gasteiger charge is -2.34. The lowest BCUT2D eigenvalue weighted by atomic mass is 10.0. The summed E-state index contributed by atoms with van der Waals surface area (Å²) in [5.41, 5.74) is 1.94. The molecule has 1 unspecified atom stereocenters. The van der Waals surface area contributed by atoms with E-state index in [2.05, 4.69) is 10.2 Å². The minimum atomic E-state index is -0.243. The third-order valence-corrected chi connectivity index (χ3v) is 4.87. The molecule has 28 heavy (non-hydrogen) atoms. The Morgan fingerprint density at radius 2 is 2.11 bits per heavy atom. The van der Waals surface area contributed by atoms with Crippen LogP contribution < -0.4 is 19.7 Å². The molecular weight excluding hydrogens is 359 g/mol. The standard InChI is InChI=1S/C22H27FN2O3/c1-16-8-9-20(21(13-16)27-2)28-12-10-22(26)24-18-6-4-11-25(15-18)19-7-3-5-17(23)14-19/h3,5,7-9,13-14,18H,4,6,10-12,15H2,1-2H3,(H,24,26). The van der Waals surface area contributed by atoms with Crippen LogP contribution in [0, 0.1) is 12.7 Å². The molecule has 1 amide bonds. The molecule has 2 aromatic rings. The number of hydrogen-bond donors (Lipinski definition) is 1. The van der Waals surface area contributed by atoms with Crippen LogP contribution in [-0.4, -0.2) is 38.8 Å². The van der Waals surface area contributed by atoms with Gasteiger partial charge in [0.1, 0.15) is 5.82 Å². The van der Waals surface area contributed by atoms with Crippen LogP contribution >= 0.6 is 0 Å². The van der Waals surface area contributed by atoms with E-state index in [1.165, 1.54) is 12.1 Å². The monoisotopic (exact) mass is 386 g/mol. The normalized spacial score (nSPS) is 16.5. The van der Waals surface area contributed by atoms with E-state index in [-0.39, 0.29) is 30.8 Å². The molecule has 0 bridgehead atoms. The van der Waals surface area contributed by atoms with E-state index in [1.807, 2.05) is 31.2 Å². The maximum atomic E-state index is 13.5. The van der Waals surface area contributed by atoms with Crippen LogP contribution in [-0.2, 0) is 4.79 Å². The molecule has 0 radical (unpaired) electrons. The SMILES string of the molecule is COc1cc(C)ccc1OCCC(=O)NC1CCCN(c2cccc(F)c2)C1. The van der Waals surface area contributed by atoms with E-state index in [0.717, 1.165) is 30.6 Å². The Morgan fingerprint density at radius 3 is 2.89 bits per heavy atom. The summed E-state index contributed by atoms with van der Waals surface area (Å²) in [5.74, 6) is 1.01. The number of nitrogens with one attached hydrogen (secondary N) is 1. The van der Waals surface area contributed by atoms with Crippen LogP contribution in [0.5, 0.6) is 11.5 Å². The van der Waals surface area contributed by atoms with Crippen molar-refractivity contribution in [2.75, 3.05) is 31.7 Å². The largest absolute Gasteiger partial charge is 0.493 e. The second kappa shape index (κ2) is 9.44. The number of ether oxygens (including phenoxy) is 2. The van der Waals surface area contributed by atoms with Gasteiger partial charge in [-0.3, -0.25) is 4.79 Å². The van der Waals surface area contributed by atoms with Crippen LogP contribution in [0.25, 0.3) is 0 Å². The Hall–Kier alpha value is -2.76. The third kappa shape index (κ3) is 5.38. The van der Waals surface area contributed by atoms with Gasteiger partial charge < -0.3 is 19.7 Å². The number of halogens is 1. The van der Waals surface area contributed by atoms with Gasteiger partial charge in [0.15, 0.2) is 11.5 Å². The zero-order chi connectivity index (χ0) is 19.9. The van der Waals surface area contributed by atoms with Gasteiger partial charge in [-0.25, -0.2) is 4.39 Å². The van der Waals surface area contributed by atoms with Crippen molar-refractivity contribution in [3.8, 4) is 11.5 Å². The Bertz CT molecular complexity index is 812. The minimum absolute atomic E-state index is 0.0443. The summed E-state index contributed by atoms with van der Waals surface area (Å²) in [4.78, 5) is 14.4. The van der Waals surface area contributed by atoms with Crippen molar-refractivity contribution >= 4 is 11.6 Å². The second-order valence-electron chi connectivity index (χ2n) is 7.09. The second-order valence-corrected chi connectivity index (χ2v) is 7.09. The first-order valence-electron chi connectivity index (χ1n) is 9.62. The molecule has 1 aliphatic heterocycles. The Balaban J connectivity index is 1.47. The number of aryl methyl sites for hydroxylation is 1. The highest BCUT2D eigenvalue weighted by atomic mass is 19.1. The molecule has 0 aliphatic carbocycles. The number of nitrogens with zero attached hydrogens (tertiary/aromatic N) is 1. The molecule has 3 rings (SSSR count). The van der Waals surface area contributed by atoms with Crippen LogP contribution in [0.1, 0.15) is 24.8 Å². The Morgan fingerprint density at radius 1 is 1.25 bits per heavy atom. The first-order chi connectivity index (χ1) is 13.5. The summed E-state index contributed by atoms with van der Waals surface area (Å²) in [5, 5.41) is 3.07. The fraction of sp³-hybridized carbons (Fsp3) is 0.409. The molecule has 5 nitrogen and oxygen atoms in total. The average molecular weight is 386 g/mol. The highest BCUT2D eigenvalue weighted by Gasteiger charge is 2.22.